The third-order valence-electron chi connectivity index (χ3n) is 14.5. The molecular weight excluding hydrogens is 871 g/mol. The molecule has 13 aromatic rings. The van der Waals surface area contributed by atoms with Crippen LogP contribution >= 0.6 is 0 Å². The minimum Gasteiger partial charge on any atom is -0.310 e. The van der Waals surface area contributed by atoms with Crippen LogP contribution in [-0.4, -0.2) is 4.57 Å². The van der Waals surface area contributed by atoms with E-state index >= 15 is 0 Å². The van der Waals surface area contributed by atoms with E-state index < -0.39 is 35.6 Å². The van der Waals surface area contributed by atoms with Gasteiger partial charge in [-0.05, 0) is 141 Å². The van der Waals surface area contributed by atoms with E-state index in [1.807, 2.05) is 91.0 Å². The summed E-state index contributed by atoms with van der Waals surface area (Å²) in [7, 11) is 0. The second-order valence-corrected chi connectivity index (χ2v) is 18.3. The van der Waals surface area contributed by atoms with Gasteiger partial charge in [0, 0.05) is 50.3 Å². The Kier molecular flexibility index (Phi) is 8.17. The SMILES string of the molecule is [2H]c1c([2H])c([2H])c2c(C3(c4cccc5c4c4ccccc4n5-c4ccccc4)c4ccc(N(c5ccccc5)c5ccccc5)cc4-c4cc(N(c5ccccc5)c5cccc6ccccc56)ccc43)c([2H])c([2H])c([2H])c2c1[2H]. The fourth-order valence-corrected chi connectivity index (χ4v) is 11.6. The van der Waals surface area contributed by atoms with Crippen LogP contribution in [0.5, 0.6) is 0 Å². The maximum Gasteiger partial charge on any atom is 0.0726 e. The quantitative estimate of drug-likeness (QED) is 0.143. The number of aromatic nitrogens is 1. The van der Waals surface area contributed by atoms with Gasteiger partial charge >= 0.3 is 0 Å². The molecular formula is C69H47N3. The summed E-state index contributed by atoms with van der Waals surface area (Å²) in [4.78, 5) is 4.50. The first kappa shape index (κ1) is 34.8. The van der Waals surface area contributed by atoms with Gasteiger partial charge in [0.2, 0.25) is 0 Å². The highest BCUT2D eigenvalue weighted by Crippen LogP contribution is 2.61. The number of fused-ring (bicyclic) bond motifs is 8. The molecule has 1 heterocycles. The van der Waals surface area contributed by atoms with Crippen LogP contribution in [-0.2, 0) is 5.41 Å². The van der Waals surface area contributed by atoms with Crippen LogP contribution in [0.1, 0.15) is 31.8 Å². The zero-order valence-corrected chi connectivity index (χ0v) is 38.9. The predicted octanol–water partition coefficient (Wildman–Crippen LogP) is 18.4. The number of rotatable bonds is 9. The third kappa shape index (κ3) is 6.38. The van der Waals surface area contributed by atoms with Crippen LogP contribution in [0.3, 0.4) is 0 Å². The zero-order valence-electron chi connectivity index (χ0n) is 45.9. The van der Waals surface area contributed by atoms with E-state index in [1.165, 1.54) is 0 Å². The van der Waals surface area contributed by atoms with Crippen LogP contribution in [0.2, 0.25) is 0 Å². The molecule has 0 saturated carbocycles. The van der Waals surface area contributed by atoms with Gasteiger partial charge in [0.1, 0.15) is 0 Å². The van der Waals surface area contributed by atoms with Crippen molar-refractivity contribution in [3.8, 4) is 16.8 Å². The van der Waals surface area contributed by atoms with Gasteiger partial charge in [-0.3, -0.25) is 0 Å². The topological polar surface area (TPSA) is 11.4 Å². The largest absolute Gasteiger partial charge is 0.310 e. The second kappa shape index (κ2) is 16.9. The van der Waals surface area contributed by atoms with Crippen LogP contribution in [0, 0.1) is 0 Å². The van der Waals surface area contributed by atoms with Crippen molar-refractivity contribution < 1.29 is 9.60 Å². The van der Waals surface area contributed by atoms with Crippen LogP contribution in [0.25, 0.3) is 60.2 Å². The van der Waals surface area contributed by atoms with Gasteiger partial charge in [0.25, 0.3) is 0 Å². The third-order valence-corrected chi connectivity index (χ3v) is 14.5. The Morgan fingerprint density at radius 3 is 1.56 bits per heavy atom. The van der Waals surface area contributed by atoms with Crippen LogP contribution < -0.4 is 9.80 Å². The lowest BCUT2D eigenvalue weighted by Gasteiger charge is -2.36. The lowest BCUT2D eigenvalue weighted by Crippen LogP contribution is -2.29. The van der Waals surface area contributed by atoms with Crippen molar-refractivity contribution >= 4 is 77.5 Å². The zero-order chi connectivity index (χ0) is 53.7. The molecule has 3 nitrogen and oxygen atoms in total. The lowest BCUT2D eigenvalue weighted by atomic mass is 9.65. The molecule has 0 radical (unpaired) electrons. The minimum absolute atomic E-state index is 0.0321. The second-order valence-electron chi connectivity index (χ2n) is 18.3. The summed E-state index contributed by atoms with van der Waals surface area (Å²) in [5.74, 6) is 0. The van der Waals surface area contributed by atoms with Crippen LogP contribution in [0.4, 0.5) is 34.1 Å². The highest BCUT2D eigenvalue weighted by molar-refractivity contribution is 6.13. The molecule has 72 heavy (non-hydrogen) atoms. The van der Waals surface area contributed by atoms with Crippen molar-refractivity contribution in [3.05, 3.63) is 307 Å². The first-order valence-corrected chi connectivity index (χ1v) is 24.3. The molecule has 338 valence electrons. The number of hydrogen-bond acceptors (Lipinski definition) is 2. The van der Waals surface area contributed by atoms with Crippen molar-refractivity contribution in [1.82, 2.24) is 4.57 Å². The van der Waals surface area contributed by atoms with Crippen molar-refractivity contribution in [2.45, 2.75) is 5.41 Å². The van der Waals surface area contributed by atoms with E-state index in [4.69, 9.17) is 1.37 Å². The summed E-state index contributed by atoms with van der Waals surface area (Å²) in [5, 5.41) is 3.89. The maximum absolute atomic E-state index is 10.4. The Morgan fingerprint density at radius 2 is 0.861 bits per heavy atom. The van der Waals surface area contributed by atoms with Gasteiger partial charge in [0.15, 0.2) is 0 Å². The van der Waals surface area contributed by atoms with E-state index in [0.29, 0.717) is 0 Å². The fraction of sp³-hybridized carbons (Fsp3) is 0.0145. The molecule has 1 aliphatic carbocycles. The Labute approximate surface area is 429 Å². The molecule has 3 heteroatoms. The molecule has 0 aliphatic heterocycles. The van der Waals surface area contributed by atoms with E-state index in [9.17, 15) is 8.22 Å². The standard InChI is InChI=1S/C69H47N3/c1-5-26-50(27-6-1)70(51-28-7-2-8-29-51)54-42-44-62-59(46-54)60-47-55(71(52-30-9-3-10-31-52)65-40-20-25-49-23-14-16-35-57(49)65)43-45-63(60)69(62,61-37-19-24-48-22-13-15-34-56(48)61)64-38-21-41-67-68(64)58-36-17-18-39-66(58)72(67)53-32-11-4-12-33-53/h1-47H/i13D,15D,19D,22D,24D,34D,37D. The normalized spacial score (nSPS) is 15.2. The Morgan fingerprint density at radius 1 is 0.333 bits per heavy atom. The average Bonchev–Trinajstić information content (AvgIpc) is 2.72. The molecule has 1 aliphatic rings. The van der Waals surface area contributed by atoms with Gasteiger partial charge in [-0.15, -0.1) is 0 Å². The van der Waals surface area contributed by atoms with Crippen molar-refractivity contribution in [2.75, 3.05) is 9.80 Å². The van der Waals surface area contributed by atoms with Gasteiger partial charge in [0.05, 0.1) is 31.7 Å². The first-order chi connectivity index (χ1) is 38.7. The van der Waals surface area contributed by atoms with Crippen molar-refractivity contribution in [3.63, 3.8) is 0 Å². The number of hydrogen-bond donors (Lipinski definition) is 0. The predicted molar refractivity (Wildman–Crippen MR) is 302 cm³/mol. The number of anilines is 6. The molecule has 1 atom stereocenters. The summed E-state index contributed by atoms with van der Waals surface area (Å²) in [6.07, 6.45) is 0. The van der Waals surface area contributed by atoms with Crippen molar-refractivity contribution in [2.24, 2.45) is 0 Å². The van der Waals surface area contributed by atoms with Gasteiger partial charge in [-0.2, -0.15) is 0 Å². The number of benzene rings is 12. The molecule has 0 saturated heterocycles. The van der Waals surface area contributed by atoms with E-state index in [0.717, 1.165) is 100 Å². The number of para-hydroxylation sites is 5. The van der Waals surface area contributed by atoms with Gasteiger partial charge in [-0.25, -0.2) is 0 Å². The highest BCUT2D eigenvalue weighted by Gasteiger charge is 2.49. The monoisotopic (exact) mass is 924 g/mol. The summed E-state index contributed by atoms with van der Waals surface area (Å²) in [6, 6.07) is 80.2. The molecule has 0 N–H and O–H groups in total. The smallest absolute Gasteiger partial charge is 0.0726 e. The minimum atomic E-state index is -1.56. The maximum atomic E-state index is 10.4. The summed E-state index contributed by atoms with van der Waals surface area (Å²) < 4.78 is 69.5. The Balaban J connectivity index is 1.19. The number of nitrogens with zero attached hydrogens (tertiary/aromatic N) is 3. The first-order valence-electron chi connectivity index (χ1n) is 27.8. The molecule has 1 unspecified atom stereocenters. The Hall–Kier alpha value is -9.44. The summed E-state index contributed by atoms with van der Waals surface area (Å²) in [6.45, 7) is 0. The van der Waals surface area contributed by atoms with Gasteiger partial charge in [-0.1, -0.05) is 194 Å². The Bertz CT molecular complexity index is 4530. The molecule has 0 fully saturated rings. The van der Waals surface area contributed by atoms with Gasteiger partial charge < -0.3 is 14.4 Å². The average molecular weight is 925 g/mol. The summed E-state index contributed by atoms with van der Waals surface area (Å²) in [5.41, 5.74) is 10.9. The van der Waals surface area contributed by atoms with E-state index in [1.54, 1.807) is 0 Å². The molecule has 12 aromatic carbocycles. The van der Waals surface area contributed by atoms with E-state index in [-0.39, 0.29) is 28.4 Å². The van der Waals surface area contributed by atoms with Crippen molar-refractivity contribution in [1.29, 1.82) is 0 Å². The van der Waals surface area contributed by atoms with Crippen LogP contribution in [0.15, 0.2) is 285 Å². The van der Waals surface area contributed by atoms with E-state index in [2.05, 4.69) is 166 Å². The molecule has 0 amide bonds. The fourth-order valence-electron chi connectivity index (χ4n) is 11.6. The molecule has 0 bridgehead atoms. The molecule has 0 spiro atoms. The highest BCUT2D eigenvalue weighted by atomic mass is 15.1. The molecule has 1 aromatic heterocycles. The molecule has 14 rings (SSSR count). The summed E-state index contributed by atoms with van der Waals surface area (Å²) >= 11 is 0. The lowest BCUT2D eigenvalue weighted by molar-refractivity contribution is 0.785.